The quantitative estimate of drug-likeness (QED) is 0.388. The minimum absolute atomic E-state index is 0.146. The van der Waals surface area contributed by atoms with Crippen LogP contribution in [0.4, 0.5) is 0 Å². The first-order valence-electron chi connectivity index (χ1n) is 12.7. The van der Waals surface area contributed by atoms with Gasteiger partial charge >= 0.3 is 0 Å². The molecule has 206 valence electrons. The predicted molar refractivity (Wildman–Crippen MR) is 144 cm³/mol. The summed E-state index contributed by atoms with van der Waals surface area (Å²) in [5.41, 5.74) is 1.72. The molecule has 1 aliphatic heterocycles. The fourth-order valence-electron chi connectivity index (χ4n) is 4.07. The molecule has 1 aromatic heterocycles. The highest BCUT2D eigenvalue weighted by Gasteiger charge is 2.28. The monoisotopic (exact) mass is 552 g/mol. The molecule has 11 heteroatoms. The van der Waals surface area contributed by atoms with E-state index in [0.717, 1.165) is 11.1 Å². The van der Waals surface area contributed by atoms with Crippen LogP contribution in [0.1, 0.15) is 18.1 Å². The van der Waals surface area contributed by atoms with Gasteiger partial charge in [-0.2, -0.15) is 4.31 Å². The van der Waals surface area contributed by atoms with Gasteiger partial charge in [-0.05, 0) is 48.4 Å². The summed E-state index contributed by atoms with van der Waals surface area (Å²) in [6.07, 6.45) is 3.33. The third-order valence-corrected chi connectivity index (χ3v) is 8.26. The van der Waals surface area contributed by atoms with E-state index in [2.05, 4.69) is 10.3 Å². The lowest BCUT2D eigenvalue weighted by Gasteiger charge is -2.29. The molecule has 0 saturated carbocycles. The molecule has 2 aromatic carbocycles. The maximum atomic E-state index is 13.3. The van der Waals surface area contributed by atoms with Crippen LogP contribution in [0.5, 0.6) is 5.75 Å². The maximum absolute atomic E-state index is 13.3. The van der Waals surface area contributed by atoms with Gasteiger partial charge in [-0.1, -0.05) is 36.4 Å². The second kappa shape index (κ2) is 13.3. The molecule has 2 amide bonds. The summed E-state index contributed by atoms with van der Waals surface area (Å²) >= 11 is 0. The number of morpholine rings is 1. The van der Waals surface area contributed by atoms with E-state index >= 15 is 0 Å². The fraction of sp³-hybridized carbons (Fsp3) is 0.321. The number of hydrogen-bond donors (Lipinski definition) is 1. The number of rotatable bonds is 11. The van der Waals surface area contributed by atoms with E-state index in [1.807, 2.05) is 36.4 Å². The normalized spacial score (nSPS) is 14.8. The lowest BCUT2D eigenvalue weighted by Crippen LogP contribution is -2.48. The van der Waals surface area contributed by atoms with Crippen LogP contribution in [0, 0.1) is 0 Å². The van der Waals surface area contributed by atoms with Crippen molar-refractivity contribution in [2.24, 2.45) is 0 Å². The number of ether oxygens (including phenoxy) is 2. The second-order valence-electron chi connectivity index (χ2n) is 9.04. The van der Waals surface area contributed by atoms with Crippen LogP contribution in [0.2, 0.25) is 0 Å². The molecule has 1 aliphatic rings. The average molecular weight is 553 g/mol. The lowest BCUT2D eigenvalue weighted by molar-refractivity contribution is -0.142. The number of benzene rings is 2. The zero-order chi connectivity index (χ0) is 27.7. The van der Waals surface area contributed by atoms with Crippen LogP contribution in [0.3, 0.4) is 0 Å². The van der Waals surface area contributed by atoms with Crippen molar-refractivity contribution >= 4 is 21.8 Å². The van der Waals surface area contributed by atoms with Gasteiger partial charge in [0.25, 0.3) is 5.91 Å². The van der Waals surface area contributed by atoms with Crippen molar-refractivity contribution in [2.45, 2.75) is 31.0 Å². The van der Waals surface area contributed by atoms with Crippen LogP contribution in [-0.2, 0) is 37.4 Å². The Bertz CT molecular complexity index is 1330. The molecule has 2 heterocycles. The second-order valence-corrected chi connectivity index (χ2v) is 11.0. The number of pyridine rings is 1. The van der Waals surface area contributed by atoms with Crippen molar-refractivity contribution in [1.82, 2.24) is 19.5 Å². The highest BCUT2D eigenvalue weighted by atomic mass is 32.2. The number of aromatic nitrogens is 1. The number of hydrogen-bond acceptors (Lipinski definition) is 7. The van der Waals surface area contributed by atoms with Gasteiger partial charge < -0.3 is 19.7 Å². The lowest BCUT2D eigenvalue weighted by atomic mass is 10.1. The fourth-order valence-corrected chi connectivity index (χ4v) is 5.48. The molecule has 1 unspecified atom stereocenters. The Kier molecular flexibility index (Phi) is 9.64. The summed E-state index contributed by atoms with van der Waals surface area (Å²) < 4.78 is 38.0. The SMILES string of the molecule is CC(C(=O)NCc1cccnc1)N(Cc1ccccc1)C(=O)COc1ccc(S(=O)(=O)N2CCOCC2)cc1. The maximum Gasteiger partial charge on any atom is 0.261 e. The highest BCUT2D eigenvalue weighted by Crippen LogP contribution is 2.21. The molecular weight excluding hydrogens is 520 g/mol. The van der Waals surface area contributed by atoms with Crippen molar-refractivity contribution in [1.29, 1.82) is 0 Å². The third-order valence-electron chi connectivity index (χ3n) is 6.35. The Hall–Kier alpha value is -3.80. The molecule has 1 fully saturated rings. The molecule has 3 aromatic rings. The van der Waals surface area contributed by atoms with Gasteiger partial charge in [0, 0.05) is 38.6 Å². The zero-order valence-corrected chi connectivity index (χ0v) is 22.5. The summed E-state index contributed by atoms with van der Waals surface area (Å²) in [5.74, 6) is -0.341. The van der Waals surface area contributed by atoms with Crippen molar-refractivity contribution in [2.75, 3.05) is 32.9 Å². The molecule has 0 radical (unpaired) electrons. The number of nitrogens with zero attached hydrogens (tertiary/aromatic N) is 3. The largest absolute Gasteiger partial charge is 0.484 e. The first-order valence-corrected chi connectivity index (χ1v) is 14.1. The Morgan fingerprint density at radius 3 is 2.38 bits per heavy atom. The summed E-state index contributed by atoms with van der Waals surface area (Å²) in [6, 6.07) is 18.2. The first kappa shape index (κ1) is 28.2. The summed E-state index contributed by atoms with van der Waals surface area (Å²) in [6.45, 7) is 3.21. The number of amides is 2. The molecule has 10 nitrogen and oxygen atoms in total. The third kappa shape index (κ3) is 7.62. The van der Waals surface area contributed by atoms with Crippen LogP contribution >= 0.6 is 0 Å². The van der Waals surface area contributed by atoms with Crippen LogP contribution < -0.4 is 10.1 Å². The Morgan fingerprint density at radius 2 is 1.72 bits per heavy atom. The topological polar surface area (TPSA) is 118 Å². The van der Waals surface area contributed by atoms with E-state index in [1.165, 1.54) is 33.5 Å². The number of nitrogens with one attached hydrogen (secondary N) is 1. The minimum Gasteiger partial charge on any atom is -0.484 e. The molecule has 1 atom stereocenters. The van der Waals surface area contributed by atoms with Gasteiger partial charge in [0.15, 0.2) is 6.61 Å². The van der Waals surface area contributed by atoms with Crippen LogP contribution in [0.15, 0.2) is 84.0 Å². The molecule has 0 aliphatic carbocycles. The number of sulfonamides is 1. The van der Waals surface area contributed by atoms with E-state index < -0.39 is 16.1 Å². The highest BCUT2D eigenvalue weighted by molar-refractivity contribution is 7.89. The molecule has 4 rings (SSSR count). The van der Waals surface area contributed by atoms with Gasteiger partial charge in [0.1, 0.15) is 11.8 Å². The summed E-state index contributed by atoms with van der Waals surface area (Å²) in [5, 5.41) is 2.86. The van der Waals surface area contributed by atoms with Gasteiger partial charge in [-0.3, -0.25) is 14.6 Å². The van der Waals surface area contributed by atoms with Crippen molar-refractivity contribution in [3.63, 3.8) is 0 Å². The van der Waals surface area contributed by atoms with Crippen molar-refractivity contribution in [3.05, 3.63) is 90.3 Å². The summed E-state index contributed by atoms with van der Waals surface area (Å²) in [4.78, 5) is 31.9. The van der Waals surface area contributed by atoms with E-state index in [1.54, 1.807) is 25.4 Å². The van der Waals surface area contributed by atoms with Crippen LogP contribution in [0.25, 0.3) is 0 Å². The van der Waals surface area contributed by atoms with E-state index in [4.69, 9.17) is 9.47 Å². The zero-order valence-electron chi connectivity index (χ0n) is 21.7. The molecule has 0 spiro atoms. The van der Waals surface area contributed by atoms with Crippen LogP contribution in [-0.4, -0.2) is 73.4 Å². The smallest absolute Gasteiger partial charge is 0.261 e. The van der Waals surface area contributed by atoms with E-state index in [9.17, 15) is 18.0 Å². The minimum atomic E-state index is -3.63. The molecular formula is C28H32N4O6S. The molecule has 39 heavy (non-hydrogen) atoms. The summed E-state index contributed by atoms with van der Waals surface area (Å²) in [7, 11) is -3.63. The Balaban J connectivity index is 1.40. The molecule has 1 N–H and O–H groups in total. The standard InChI is InChI=1S/C28H32N4O6S/c1-22(28(34)30-19-24-8-5-13-29-18-24)32(20-23-6-3-2-4-7-23)27(33)21-38-25-9-11-26(12-10-25)39(35,36)31-14-16-37-17-15-31/h2-13,18,22H,14-17,19-21H2,1H3,(H,30,34). The van der Waals surface area contributed by atoms with Gasteiger partial charge in [0.05, 0.1) is 18.1 Å². The Labute approximate surface area is 228 Å². The van der Waals surface area contributed by atoms with E-state index in [-0.39, 0.29) is 29.9 Å². The first-order chi connectivity index (χ1) is 18.8. The molecule has 1 saturated heterocycles. The van der Waals surface area contributed by atoms with Gasteiger partial charge in [-0.25, -0.2) is 8.42 Å². The van der Waals surface area contributed by atoms with Gasteiger partial charge in [-0.15, -0.1) is 0 Å². The number of carbonyl (C=O) groups excluding carboxylic acids is 2. The number of carbonyl (C=O) groups is 2. The molecule has 0 bridgehead atoms. The van der Waals surface area contributed by atoms with Crippen molar-refractivity contribution < 1.29 is 27.5 Å². The van der Waals surface area contributed by atoms with Gasteiger partial charge in [0.2, 0.25) is 15.9 Å². The predicted octanol–water partition coefficient (Wildman–Crippen LogP) is 2.21. The van der Waals surface area contributed by atoms with E-state index in [0.29, 0.717) is 38.6 Å². The Morgan fingerprint density at radius 1 is 1.03 bits per heavy atom. The average Bonchev–Trinajstić information content (AvgIpc) is 2.98. The van der Waals surface area contributed by atoms with Crippen molar-refractivity contribution in [3.8, 4) is 5.75 Å².